The molecule has 0 aliphatic heterocycles. The average molecular weight is 304 g/mol. The summed E-state index contributed by atoms with van der Waals surface area (Å²) in [5.74, 6) is -0.723. The zero-order valence-electron chi connectivity index (χ0n) is 9.38. The summed E-state index contributed by atoms with van der Waals surface area (Å²) in [4.78, 5) is 11.6. The monoisotopic (exact) mass is 303 g/mol. The zero-order valence-corrected chi connectivity index (χ0v) is 11.0. The van der Waals surface area contributed by atoms with Gasteiger partial charge in [0.2, 0.25) is 0 Å². The molecule has 1 aromatic carbocycles. The highest BCUT2D eigenvalue weighted by Gasteiger charge is 2.07. The van der Waals surface area contributed by atoms with Crippen LogP contribution in [-0.2, 0) is 0 Å². The van der Waals surface area contributed by atoms with Crippen molar-refractivity contribution in [2.45, 2.75) is 19.3 Å². The van der Waals surface area contributed by atoms with E-state index in [-0.39, 0.29) is 12.5 Å². The lowest BCUT2D eigenvalue weighted by atomic mass is 10.2. The van der Waals surface area contributed by atoms with Crippen LogP contribution in [0.5, 0.6) is 0 Å². The van der Waals surface area contributed by atoms with Crippen LogP contribution >= 0.6 is 15.9 Å². The summed E-state index contributed by atoms with van der Waals surface area (Å²) in [5, 5.41) is 11.3. The fraction of sp³-hybridized carbons (Fsp3) is 0.417. The average Bonchev–Trinajstić information content (AvgIpc) is 2.27. The van der Waals surface area contributed by atoms with E-state index >= 15 is 0 Å². The van der Waals surface area contributed by atoms with Crippen LogP contribution in [0.2, 0.25) is 0 Å². The molecule has 0 saturated heterocycles. The highest BCUT2D eigenvalue weighted by Crippen LogP contribution is 2.14. The van der Waals surface area contributed by atoms with Gasteiger partial charge < -0.3 is 10.4 Å². The number of aliphatic hydroxyl groups excluding tert-OH is 1. The van der Waals surface area contributed by atoms with Gasteiger partial charge in [-0.3, -0.25) is 4.79 Å². The smallest absolute Gasteiger partial charge is 0.251 e. The number of rotatable bonds is 6. The van der Waals surface area contributed by atoms with Gasteiger partial charge in [0, 0.05) is 23.2 Å². The Labute approximate surface area is 108 Å². The predicted octanol–water partition coefficient (Wildman–Crippen LogP) is 2.48. The first-order valence-electron chi connectivity index (χ1n) is 5.48. The molecule has 0 aliphatic rings. The Kier molecular flexibility index (Phi) is 6.15. The third-order valence-electron chi connectivity index (χ3n) is 2.25. The van der Waals surface area contributed by atoms with Crippen molar-refractivity contribution in [3.63, 3.8) is 0 Å². The van der Waals surface area contributed by atoms with Crippen LogP contribution in [0.25, 0.3) is 0 Å². The molecule has 0 saturated carbocycles. The lowest BCUT2D eigenvalue weighted by molar-refractivity contribution is 0.0952. The third kappa shape index (κ3) is 5.28. The number of benzene rings is 1. The predicted molar refractivity (Wildman–Crippen MR) is 67.4 cm³/mol. The molecule has 0 unspecified atom stereocenters. The Morgan fingerprint density at radius 3 is 2.71 bits per heavy atom. The molecule has 0 spiro atoms. The highest BCUT2D eigenvalue weighted by molar-refractivity contribution is 9.10. The van der Waals surface area contributed by atoms with Crippen molar-refractivity contribution in [3.8, 4) is 0 Å². The normalized spacial score (nSPS) is 10.3. The van der Waals surface area contributed by atoms with E-state index in [1.165, 1.54) is 12.1 Å². The minimum Gasteiger partial charge on any atom is -0.396 e. The number of aliphatic hydroxyl groups is 1. The van der Waals surface area contributed by atoms with Gasteiger partial charge in [-0.15, -0.1) is 0 Å². The van der Waals surface area contributed by atoms with Gasteiger partial charge in [-0.25, -0.2) is 4.39 Å². The Morgan fingerprint density at radius 1 is 1.29 bits per heavy atom. The topological polar surface area (TPSA) is 49.3 Å². The summed E-state index contributed by atoms with van der Waals surface area (Å²) in [7, 11) is 0. The molecule has 0 bridgehead atoms. The van der Waals surface area contributed by atoms with E-state index in [0.717, 1.165) is 19.3 Å². The number of carbonyl (C=O) groups excluding carboxylic acids is 1. The van der Waals surface area contributed by atoms with Gasteiger partial charge in [-0.2, -0.15) is 0 Å². The van der Waals surface area contributed by atoms with Gasteiger partial charge in [0.1, 0.15) is 5.82 Å². The summed E-state index contributed by atoms with van der Waals surface area (Å²) >= 11 is 3.14. The summed E-state index contributed by atoms with van der Waals surface area (Å²) < 4.78 is 13.6. The second kappa shape index (κ2) is 7.40. The number of hydrogen-bond donors (Lipinski definition) is 2. The van der Waals surface area contributed by atoms with Crippen molar-refractivity contribution in [2.24, 2.45) is 0 Å². The van der Waals surface area contributed by atoms with Gasteiger partial charge in [0.25, 0.3) is 5.91 Å². The molecule has 1 aromatic rings. The van der Waals surface area contributed by atoms with E-state index in [0.29, 0.717) is 16.6 Å². The summed E-state index contributed by atoms with van der Waals surface area (Å²) in [6, 6.07) is 4.08. The van der Waals surface area contributed by atoms with E-state index in [2.05, 4.69) is 21.2 Å². The van der Waals surface area contributed by atoms with Crippen LogP contribution in [0.4, 0.5) is 4.39 Å². The molecule has 94 valence electrons. The van der Waals surface area contributed by atoms with Crippen molar-refractivity contribution in [1.82, 2.24) is 5.32 Å². The Bertz CT molecular complexity index is 365. The van der Waals surface area contributed by atoms with Gasteiger partial charge in [-0.1, -0.05) is 15.9 Å². The van der Waals surface area contributed by atoms with E-state index in [1.807, 2.05) is 0 Å². The quantitative estimate of drug-likeness (QED) is 0.793. The van der Waals surface area contributed by atoms with Gasteiger partial charge in [0.05, 0.1) is 0 Å². The Balaban J connectivity index is 2.41. The molecule has 3 nitrogen and oxygen atoms in total. The fourth-order valence-electron chi connectivity index (χ4n) is 1.40. The molecular formula is C12H15BrFNO2. The number of nitrogens with one attached hydrogen (secondary N) is 1. The molecule has 17 heavy (non-hydrogen) atoms. The maximum Gasteiger partial charge on any atom is 0.251 e. The first kappa shape index (κ1) is 14.1. The molecule has 1 rings (SSSR count). The largest absolute Gasteiger partial charge is 0.396 e. The lowest BCUT2D eigenvalue weighted by Gasteiger charge is -2.05. The lowest BCUT2D eigenvalue weighted by Crippen LogP contribution is -2.24. The minimum atomic E-state index is -0.440. The molecule has 5 heteroatoms. The van der Waals surface area contributed by atoms with Crippen molar-refractivity contribution < 1.29 is 14.3 Å². The van der Waals surface area contributed by atoms with Crippen LogP contribution in [0.1, 0.15) is 29.6 Å². The first-order chi connectivity index (χ1) is 8.13. The maximum absolute atomic E-state index is 13.0. The Morgan fingerprint density at radius 2 is 2.06 bits per heavy atom. The third-order valence-corrected chi connectivity index (χ3v) is 2.70. The Hall–Kier alpha value is -0.940. The van der Waals surface area contributed by atoms with Gasteiger partial charge >= 0.3 is 0 Å². The minimum absolute atomic E-state index is 0.171. The van der Waals surface area contributed by atoms with Crippen molar-refractivity contribution in [2.75, 3.05) is 13.2 Å². The number of halogens is 2. The molecule has 0 fully saturated rings. The van der Waals surface area contributed by atoms with Gasteiger partial charge in [0.15, 0.2) is 0 Å². The van der Waals surface area contributed by atoms with Crippen LogP contribution in [0.3, 0.4) is 0 Å². The van der Waals surface area contributed by atoms with Crippen LogP contribution in [0, 0.1) is 5.82 Å². The molecular weight excluding hydrogens is 289 g/mol. The summed E-state index contributed by atoms with van der Waals surface area (Å²) in [6.45, 7) is 0.706. The first-order valence-corrected chi connectivity index (χ1v) is 6.28. The van der Waals surface area contributed by atoms with Crippen LogP contribution < -0.4 is 5.32 Å². The molecule has 0 aliphatic carbocycles. The van der Waals surface area contributed by atoms with Crippen LogP contribution in [-0.4, -0.2) is 24.2 Å². The van der Waals surface area contributed by atoms with Crippen molar-refractivity contribution in [3.05, 3.63) is 34.1 Å². The number of carbonyl (C=O) groups is 1. The molecule has 2 N–H and O–H groups in total. The highest BCUT2D eigenvalue weighted by atomic mass is 79.9. The van der Waals surface area contributed by atoms with Crippen molar-refractivity contribution in [1.29, 1.82) is 0 Å². The molecule has 1 amide bonds. The molecule has 0 heterocycles. The number of amides is 1. The summed E-state index contributed by atoms with van der Waals surface area (Å²) in [6.07, 6.45) is 2.41. The van der Waals surface area contributed by atoms with Gasteiger partial charge in [-0.05, 0) is 37.5 Å². The van der Waals surface area contributed by atoms with Crippen LogP contribution in [0.15, 0.2) is 22.7 Å². The molecule has 0 atom stereocenters. The standard InChI is InChI=1S/C12H15BrFNO2/c13-10-6-9(7-11(14)8-10)12(17)15-4-2-1-3-5-16/h6-8,16H,1-5H2,(H,15,17). The summed E-state index contributed by atoms with van der Waals surface area (Å²) in [5.41, 5.74) is 0.305. The molecule has 0 radical (unpaired) electrons. The van der Waals surface area contributed by atoms with E-state index in [1.54, 1.807) is 6.07 Å². The fourth-order valence-corrected chi connectivity index (χ4v) is 1.87. The van der Waals surface area contributed by atoms with Crippen molar-refractivity contribution >= 4 is 21.8 Å². The van der Waals surface area contributed by atoms with E-state index in [4.69, 9.17) is 5.11 Å². The second-order valence-electron chi connectivity index (χ2n) is 3.70. The second-order valence-corrected chi connectivity index (χ2v) is 4.61. The van der Waals surface area contributed by atoms with E-state index < -0.39 is 5.82 Å². The zero-order chi connectivity index (χ0) is 12.7. The number of hydrogen-bond acceptors (Lipinski definition) is 2. The molecule has 0 aromatic heterocycles. The maximum atomic E-state index is 13.0. The number of unbranched alkanes of at least 4 members (excludes halogenated alkanes) is 2. The van der Waals surface area contributed by atoms with E-state index in [9.17, 15) is 9.18 Å². The SMILES string of the molecule is O=C(NCCCCCO)c1cc(F)cc(Br)c1.